The van der Waals surface area contributed by atoms with E-state index < -0.39 is 14.6 Å². The van der Waals surface area contributed by atoms with Crippen LogP contribution in [0.3, 0.4) is 0 Å². The van der Waals surface area contributed by atoms with E-state index in [2.05, 4.69) is 0 Å². The van der Waals surface area contributed by atoms with Crippen molar-refractivity contribution >= 4 is 15.6 Å². The summed E-state index contributed by atoms with van der Waals surface area (Å²) in [5.74, 6) is 2.11. The Morgan fingerprint density at radius 1 is 1.08 bits per heavy atom. The first-order chi connectivity index (χ1) is 12.2. The molecule has 1 aliphatic heterocycles. The highest BCUT2D eigenvalue weighted by atomic mass is 32.2. The zero-order valence-electron chi connectivity index (χ0n) is 15.8. The molecule has 5 nitrogen and oxygen atoms in total. The molecular weight excluding hydrogens is 352 g/mol. The second kappa shape index (κ2) is 7.22. The first-order valence-electron chi connectivity index (χ1n) is 9.29. The Hall–Kier alpha value is -1.56. The van der Waals surface area contributed by atoms with E-state index in [1.165, 1.54) is 0 Å². The molecule has 0 radical (unpaired) electrons. The fourth-order valence-corrected chi connectivity index (χ4v) is 5.06. The first-order valence-corrected chi connectivity index (χ1v) is 10.9. The molecule has 0 saturated heterocycles. The lowest BCUT2D eigenvalue weighted by Gasteiger charge is -2.30. The highest BCUT2D eigenvalue weighted by Gasteiger charge is 2.34. The van der Waals surface area contributed by atoms with Crippen LogP contribution in [0.2, 0.25) is 0 Å². The van der Waals surface area contributed by atoms with Crippen molar-refractivity contribution < 1.29 is 22.7 Å². The van der Waals surface area contributed by atoms with Crippen molar-refractivity contribution in [2.45, 2.75) is 57.6 Å². The third-order valence-electron chi connectivity index (χ3n) is 5.51. The summed E-state index contributed by atoms with van der Waals surface area (Å²) < 4.78 is 34.7. The second-order valence-corrected chi connectivity index (χ2v) is 11.2. The number of ketones is 1. The third kappa shape index (κ3) is 4.22. The molecule has 1 aliphatic carbocycles. The van der Waals surface area contributed by atoms with Gasteiger partial charge in [-0.05, 0) is 70.1 Å². The highest BCUT2D eigenvalue weighted by molar-refractivity contribution is 7.92. The Kier molecular flexibility index (Phi) is 5.33. The van der Waals surface area contributed by atoms with E-state index in [9.17, 15) is 13.2 Å². The maximum absolute atomic E-state index is 12.6. The molecule has 0 atom stereocenters. The molecular formula is C20H28O5S. The predicted octanol–water partition coefficient (Wildman–Crippen LogP) is 3.55. The number of ether oxygens (including phenoxy) is 2. The summed E-state index contributed by atoms with van der Waals surface area (Å²) in [5, 5.41) is 0. The van der Waals surface area contributed by atoms with Crippen molar-refractivity contribution in [1.82, 2.24) is 0 Å². The van der Waals surface area contributed by atoms with Crippen molar-refractivity contribution in [1.29, 1.82) is 0 Å². The van der Waals surface area contributed by atoms with Gasteiger partial charge in [-0.25, -0.2) is 8.42 Å². The minimum atomic E-state index is -3.10. The van der Waals surface area contributed by atoms with Gasteiger partial charge in [0.25, 0.3) is 0 Å². The Balaban J connectivity index is 1.52. The minimum absolute atomic E-state index is 0.0361. The Morgan fingerprint density at radius 3 is 2.38 bits per heavy atom. The van der Waals surface area contributed by atoms with Crippen molar-refractivity contribution in [2.75, 3.05) is 12.5 Å². The fourth-order valence-electron chi connectivity index (χ4n) is 3.61. The number of Topliss-reactive ketones (excluding diaryl/α,β-unsaturated/α-hetero) is 1. The van der Waals surface area contributed by atoms with Gasteiger partial charge in [-0.3, -0.25) is 4.79 Å². The number of carbonyl (C=O) groups excluding carboxylic acids is 1. The lowest BCUT2D eigenvalue weighted by atomic mass is 9.79. The minimum Gasteiger partial charge on any atom is -0.454 e. The first kappa shape index (κ1) is 19.2. The fraction of sp³-hybridized carbons (Fsp3) is 0.650. The topological polar surface area (TPSA) is 69.7 Å². The van der Waals surface area contributed by atoms with Crippen LogP contribution in [0.5, 0.6) is 11.5 Å². The molecule has 0 N–H and O–H groups in total. The Morgan fingerprint density at radius 2 is 1.73 bits per heavy atom. The quantitative estimate of drug-likeness (QED) is 0.781. The molecule has 1 aromatic rings. The second-order valence-electron chi connectivity index (χ2n) is 8.44. The molecule has 2 aliphatic rings. The number of carbonyl (C=O) groups is 1. The van der Waals surface area contributed by atoms with Crippen LogP contribution >= 0.6 is 0 Å². The molecule has 6 heteroatoms. The van der Waals surface area contributed by atoms with Crippen molar-refractivity contribution in [2.24, 2.45) is 11.8 Å². The maximum Gasteiger partial charge on any atom is 0.231 e. The van der Waals surface area contributed by atoms with E-state index in [0.717, 1.165) is 37.0 Å². The average Bonchev–Trinajstić information content (AvgIpc) is 3.01. The normalized spacial score (nSPS) is 23.0. The summed E-state index contributed by atoms with van der Waals surface area (Å²) in [5.41, 5.74) is 0.941. The van der Waals surface area contributed by atoms with Crippen LogP contribution in [0, 0.1) is 11.8 Å². The predicted molar refractivity (Wildman–Crippen MR) is 100 cm³/mol. The highest BCUT2D eigenvalue weighted by Crippen LogP contribution is 2.35. The summed E-state index contributed by atoms with van der Waals surface area (Å²) in [6, 6.07) is 5.63. The van der Waals surface area contributed by atoms with Gasteiger partial charge in [-0.2, -0.15) is 0 Å². The van der Waals surface area contributed by atoms with Crippen LogP contribution in [0.4, 0.5) is 0 Å². The molecule has 1 aromatic carbocycles. The van der Waals surface area contributed by atoms with Gasteiger partial charge in [0.05, 0.1) is 10.5 Å². The maximum atomic E-state index is 12.6. The van der Waals surface area contributed by atoms with Crippen molar-refractivity contribution in [3.05, 3.63) is 23.8 Å². The zero-order chi connectivity index (χ0) is 18.9. The van der Waals surface area contributed by atoms with Crippen molar-refractivity contribution in [3.8, 4) is 11.5 Å². The molecule has 0 amide bonds. The third-order valence-corrected chi connectivity index (χ3v) is 8.28. The lowest BCUT2D eigenvalue weighted by Crippen LogP contribution is -2.35. The number of hydrogen-bond acceptors (Lipinski definition) is 5. The van der Waals surface area contributed by atoms with Crippen LogP contribution in [-0.2, 0) is 21.1 Å². The lowest BCUT2D eigenvalue weighted by molar-refractivity contribution is -0.123. The van der Waals surface area contributed by atoms with Crippen LogP contribution in [0.1, 0.15) is 52.0 Å². The van der Waals surface area contributed by atoms with Gasteiger partial charge in [0, 0.05) is 12.3 Å². The standard InChI is InChI=1S/C20H28O5S/c1-20(2,3)26(22,23)12-14-4-7-16(8-5-14)17(21)10-15-6-9-18-19(11-15)25-13-24-18/h6,9,11,14,16H,4-5,7-8,10,12-13H2,1-3H3. The van der Waals surface area contributed by atoms with Crippen LogP contribution in [-0.4, -0.2) is 31.5 Å². The molecule has 0 unspecified atom stereocenters. The Labute approximate surface area is 156 Å². The average molecular weight is 381 g/mol. The van der Waals surface area contributed by atoms with Gasteiger partial charge in [0.1, 0.15) is 5.78 Å². The van der Waals surface area contributed by atoms with E-state index in [0.29, 0.717) is 12.2 Å². The summed E-state index contributed by atoms with van der Waals surface area (Å²) in [7, 11) is -3.10. The molecule has 0 spiro atoms. The number of benzene rings is 1. The van der Waals surface area contributed by atoms with Crippen LogP contribution < -0.4 is 9.47 Å². The molecule has 1 saturated carbocycles. The van der Waals surface area contributed by atoms with E-state index in [1.807, 2.05) is 18.2 Å². The zero-order valence-corrected chi connectivity index (χ0v) is 16.6. The molecule has 1 fully saturated rings. The van der Waals surface area contributed by atoms with Crippen molar-refractivity contribution in [3.63, 3.8) is 0 Å². The molecule has 1 heterocycles. The van der Waals surface area contributed by atoms with E-state index in [-0.39, 0.29) is 30.2 Å². The summed E-state index contributed by atoms with van der Waals surface area (Å²) >= 11 is 0. The van der Waals surface area contributed by atoms with Crippen LogP contribution in [0.25, 0.3) is 0 Å². The summed E-state index contributed by atoms with van der Waals surface area (Å²) in [6.45, 7) is 5.49. The number of fused-ring (bicyclic) bond motifs is 1. The van der Waals surface area contributed by atoms with E-state index in [4.69, 9.17) is 9.47 Å². The van der Waals surface area contributed by atoms with Gasteiger partial charge >= 0.3 is 0 Å². The van der Waals surface area contributed by atoms with Crippen LogP contribution in [0.15, 0.2) is 18.2 Å². The molecule has 0 aromatic heterocycles. The molecule has 26 heavy (non-hydrogen) atoms. The summed E-state index contributed by atoms with van der Waals surface area (Å²) in [6.07, 6.45) is 3.59. The van der Waals surface area contributed by atoms with Gasteiger partial charge in [-0.15, -0.1) is 0 Å². The molecule has 144 valence electrons. The smallest absolute Gasteiger partial charge is 0.231 e. The largest absolute Gasteiger partial charge is 0.454 e. The van der Waals surface area contributed by atoms with E-state index in [1.54, 1.807) is 20.8 Å². The van der Waals surface area contributed by atoms with E-state index >= 15 is 0 Å². The molecule has 0 bridgehead atoms. The number of rotatable bonds is 5. The monoisotopic (exact) mass is 380 g/mol. The van der Waals surface area contributed by atoms with Gasteiger partial charge in [0.15, 0.2) is 21.3 Å². The Bertz CT molecular complexity index is 768. The van der Waals surface area contributed by atoms with Gasteiger partial charge in [0.2, 0.25) is 6.79 Å². The van der Waals surface area contributed by atoms with Gasteiger partial charge < -0.3 is 9.47 Å². The summed E-state index contributed by atoms with van der Waals surface area (Å²) in [4.78, 5) is 12.6. The SMILES string of the molecule is CC(C)(C)S(=O)(=O)CC1CCC(C(=O)Cc2ccc3c(c2)OCO3)CC1. The number of hydrogen-bond donors (Lipinski definition) is 0. The number of sulfone groups is 1. The van der Waals surface area contributed by atoms with Gasteiger partial charge in [-0.1, -0.05) is 6.07 Å². The molecule has 3 rings (SSSR count).